The molecular formula is C19H16N4O5. The van der Waals surface area contributed by atoms with E-state index < -0.39 is 17.9 Å². The van der Waals surface area contributed by atoms with Crippen LogP contribution in [-0.2, 0) is 16.1 Å². The lowest BCUT2D eigenvalue weighted by molar-refractivity contribution is -0.132. The van der Waals surface area contributed by atoms with Crippen molar-refractivity contribution in [1.82, 2.24) is 10.3 Å². The van der Waals surface area contributed by atoms with Crippen molar-refractivity contribution in [2.24, 2.45) is 0 Å². The van der Waals surface area contributed by atoms with Gasteiger partial charge < -0.3 is 25.5 Å². The van der Waals surface area contributed by atoms with E-state index in [2.05, 4.69) is 20.9 Å². The summed E-state index contributed by atoms with van der Waals surface area (Å²) in [4.78, 5) is 38.6. The minimum atomic E-state index is -1.15. The van der Waals surface area contributed by atoms with Crippen molar-refractivity contribution >= 4 is 29.3 Å². The first-order chi connectivity index (χ1) is 13.5. The predicted octanol–water partition coefficient (Wildman–Crippen LogP) is 2.69. The van der Waals surface area contributed by atoms with Crippen LogP contribution < -0.4 is 16.0 Å². The molecule has 1 aromatic heterocycles. The standard InChI is InChI=1S/C19H16N4O5/c24-17(22-14-6-4-13(5-7-14)16-10-20-11-28-16)18(25)23-15-3-1-2-12(8-15)9-21-19(26)27/h1-8,10-11,21H,9H2,(H,22,24)(H,23,25)(H,26,27). The number of hydrogen-bond donors (Lipinski definition) is 4. The molecule has 0 unspecified atom stereocenters. The van der Waals surface area contributed by atoms with Gasteiger partial charge in [0, 0.05) is 23.5 Å². The number of benzene rings is 2. The second-order valence-electron chi connectivity index (χ2n) is 5.71. The molecule has 0 aliphatic heterocycles. The third-order valence-corrected chi connectivity index (χ3v) is 3.69. The summed E-state index contributed by atoms with van der Waals surface area (Å²) in [7, 11) is 0. The second kappa shape index (κ2) is 8.49. The summed E-state index contributed by atoms with van der Waals surface area (Å²) < 4.78 is 5.19. The molecule has 0 fully saturated rings. The molecule has 9 nitrogen and oxygen atoms in total. The number of oxazole rings is 1. The van der Waals surface area contributed by atoms with E-state index in [1.165, 1.54) is 6.39 Å². The number of carbonyl (C=O) groups excluding carboxylic acids is 2. The van der Waals surface area contributed by atoms with Gasteiger partial charge in [0.25, 0.3) is 0 Å². The summed E-state index contributed by atoms with van der Waals surface area (Å²) in [6.07, 6.45) is 1.74. The molecule has 0 bridgehead atoms. The van der Waals surface area contributed by atoms with Crippen molar-refractivity contribution < 1.29 is 23.9 Å². The molecule has 2 aromatic carbocycles. The van der Waals surface area contributed by atoms with E-state index in [0.29, 0.717) is 22.7 Å². The second-order valence-corrected chi connectivity index (χ2v) is 5.71. The van der Waals surface area contributed by atoms with Gasteiger partial charge in [-0.15, -0.1) is 0 Å². The molecule has 0 saturated carbocycles. The molecule has 3 amide bonds. The van der Waals surface area contributed by atoms with Crippen LogP contribution in [0.4, 0.5) is 16.2 Å². The third-order valence-electron chi connectivity index (χ3n) is 3.69. The molecular weight excluding hydrogens is 364 g/mol. The number of hydrogen-bond acceptors (Lipinski definition) is 5. The van der Waals surface area contributed by atoms with Crippen LogP contribution in [0.15, 0.2) is 65.5 Å². The normalized spacial score (nSPS) is 10.1. The van der Waals surface area contributed by atoms with E-state index >= 15 is 0 Å². The Hall–Kier alpha value is -4.14. The molecule has 0 aliphatic carbocycles. The van der Waals surface area contributed by atoms with Gasteiger partial charge >= 0.3 is 17.9 Å². The van der Waals surface area contributed by atoms with Crippen LogP contribution in [0.3, 0.4) is 0 Å². The Balaban J connectivity index is 1.58. The minimum absolute atomic E-state index is 0.0861. The number of nitrogens with zero attached hydrogens (tertiary/aromatic N) is 1. The van der Waals surface area contributed by atoms with Crippen molar-refractivity contribution in [3.8, 4) is 11.3 Å². The van der Waals surface area contributed by atoms with E-state index in [-0.39, 0.29) is 6.54 Å². The molecule has 0 saturated heterocycles. The van der Waals surface area contributed by atoms with Gasteiger partial charge in [-0.25, -0.2) is 9.78 Å². The Labute approximate surface area is 159 Å². The first-order valence-electron chi connectivity index (χ1n) is 8.18. The molecule has 1 heterocycles. The Kier molecular flexibility index (Phi) is 5.66. The third kappa shape index (κ3) is 4.94. The summed E-state index contributed by atoms with van der Waals surface area (Å²) in [6.45, 7) is 0.0861. The number of carbonyl (C=O) groups is 3. The van der Waals surface area contributed by atoms with E-state index in [4.69, 9.17) is 9.52 Å². The van der Waals surface area contributed by atoms with Gasteiger partial charge in [-0.2, -0.15) is 0 Å². The van der Waals surface area contributed by atoms with Crippen molar-refractivity contribution in [2.45, 2.75) is 6.54 Å². The van der Waals surface area contributed by atoms with Gasteiger partial charge in [0.05, 0.1) is 6.20 Å². The number of anilines is 2. The van der Waals surface area contributed by atoms with E-state index in [1.54, 1.807) is 54.7 Å². The topological polar surface area (TPSA) is 134 Å². The summed E-state index contributed by atoms with van der Waals surface area (Å²) in [6, 6.07) is 13.3. The highest BCUT2D eigenvalue weighted by Crippen LogP contribution is 2.20. The lowest BCUT2D eigenvalue weighted by Crippen LogP contribution is -2.29. The van der Waals surface area contributed by atoms with Crippen LogP contribution >= 0.6 is 0 Å². The van der Waals surface area contributed by atoms with Crippen LogP contribution in [0.2, 0.25) is 0 Å². The molecule has 3 rings (SSSR count). The highest BCUT2D eigenvalue weighted by molar-refractivity contribution is 6.43. The fourth-order valence-electron chi connectivity index (χ4n) is 2.39. The number of rotatable bonds is 5. The molecule has 0 atom stereocenters. The highest BCUT2D eigenvalue weighted by Gasteiger charge is 2.14. The maximum absolute atomic E-state index is 12.1. The number of aromatic nitrogens is 1. The zero-order valence-corrected chi connectivity index (χ0v) is 14.5. The number of amides is 3. The maximum atomic E-state index is 12.1. The van der Waals surface area contributed by atoms with Crippen LogP contribution in [0, 0.1) is 0 Å². The zero-order valence-electron chi connectivity index (χ0n) is 14.5. The lowest BCUT2D eigenvalue weighted by atomic mass is 10.1. The van der Waals surface area contributed by atoms with E-state index in [9.17, 15) is 14.4 Å². The molecule has 0 spiro atoms. The predicted molar refractivity (Wildman–Crippen MR) is 101 cm³/mol. The van der Waals surface area contributed by atoms with Crippen molar-refractivity contribution in [2.75, 3.05) is 10.6 Å². The molecule has 0 radical (unpaired) electrons. The first kappa shape index (κ1) is 18.6. The van der Waals surface area contributed by atoms with Crippen LogP contribution in [0.25, 0.3) is 11.3 Å². The van der Waals surface area contributed by atoms with Gasteiger partial charge in [-0.05, 0) is 42.0 Å². The van der Waals surface area contributed by atoms with Gasteiger partial charge in [-0.3, -0.25) is 9.59 Å². The Morgan fingerprint density at radius 2 is 1.68 bits per heavy atom. The smallest absolute Gasteiger partial charge is 0.404 e. The Morgan fingerprint density at radius 1 is 0.964 bits per heavy atom. The van der Waals surface area contributed by atoms with Crippen LogP contribution in [0.1, 0.15) is 5.56 Å². The monoisotopic (exact) mass is 380 g/mol. The Bertz CT molecular complexity index is 984. The van der Waals surface area contributed by atoms with E-state index in [1.807, 2.05) is 0 Å². The van der Waals surface area contributed by atoms with Crippen LogP contribution in [-0.4, -0.2) is 28.0 Å². The average Bonchev–Trinajstić information content (AvgIpc) is 3.22. The summed E-state index contributed by atoms with van der Waals surface area (Å²) >= 11 is 0. The molecule has 142 valence electrons. The molecule has 3 aromatic rings. The first-order valence-corrected chi connectivity index (χ1v) is 8.18. The summed E-state index contributed by atoms with van der Waals surface area (Å²) in [5, 5.41) is 15.8. The lowest BCUT2D eigenvalue weighted by Gasteiger charge is -2.08. The molecule has 28 heavy (non-hydrogen) atoms. The maximum Gasteiger partial charge on any atom is 0.404 e. The van der Waals surface area contributed by atoms with Crippen molar-refractivity contribution in [3.05, 3.63) is 66.7 Å². The highest BCUT2D eigenvalue weighted by atomic mass is 16.4. The van der Waals surface area contributed by atoms with Crippen molar-refractivity contribution in [3.63, 3.8) is 0 Å². The molecule has 9 heteroatoms. The van der Waals surface area contributed by atoms with E-state index in [0.717, 1.165) is 5.56 Å². The molecule has 0 aliphatic rings. The quantitative estimate of drug-likeness (QED) is 0.503. The average molecular weight is 380 g/mol. The fourth-order valence-corrected chi connectivity index (χ4v) is 2.39. The van der Waals surface area contributed by atoms with Gasteiger partial charge in [-0.1, -0.05) is 12.1 Å². The van der Waals surface area contributed by atoms with Crippen molar-refractivity contribution in [1.29, 1.82) is 0 Å². The fraction of sp³-hybridized carbons (Fsp3) is 0.0526. The summed E-state index contributed by atoms with van der Waals surface area (Å²) in [5.41, 5.74) is 2.25. The zero-order chi connectivity index (χ0) is 19.9. The number of carboxylic acid groups (broad SMARTS) is 1. The van der Waals surface area contributed by atoms with Gasteiger partial charge in [0.1, 0.15) is 0 Å². The minimum Gasteiger partial charge on any atom is -0.465 e. The largest absolute Gasteiger partial charge is 0.465 e. The van der Waals surface area contributed by atoms with Crippen LogP contribution in [0.5, 0.6) is 0 Å². The number of nitrogens with one attached hydrogen (secondary N) is 3. The Morgan fingerprint density at radius 3 is 2.32 bits per heavy atom. The SMILES string of the molecule is O=C(O)NCc1cccc(NC(=O)C(=O)Nc2ccc(-c3cnco3)cc2)c1. The van der Waals surface area contributed by atoms with Gasteiger partial charge in [0.2, 0.25) is 0 Å². The summed E-state index contributed by atoms with van der Waals surface area (Å²) in [5.74, 6) is -1.09. The van der Waals surface area contributed by atoms with Gasteiger partial charge in [0.15, 0.2) is 12.2 Å². The molecule has 4 N–H and O–H groups in total.